The number of morpholine rings is 1. The second kappa shape index (κ2) is 10.1. The van der Waals surface area contributed by atoms with Crippen LogP contribution < -0.4 is 10.2 Å². The number of carbonyl (C=O) groups is 1. The van der Waals surface area contributed by atoms with Crippen LogP contribution in [0, 0.1) is 10.1 Å². The van der Waals surface area contributed by atoms with Crippen molar-refractivity contribution in [2.45, 2.75) is 0 Å². The van der Waals surface area contributed by atoms with Gasteiger partial charge in [-0.2, -0.15) is 4.98 Å². The van der Waals surface area contributed by atoms with Gasteiger partial charge >= 0.3 is 5.69 Å². The van der Waals surface area contributed by atoms with Gasteiger partial charge in [-0.25, -0.2) is 4.98 Å². The van der Waals surface area contributed by atoms with Gasteiger partial charge in [-0.05, 0) is 24.3 Å². The molecule has 0 unspecified atom stereocenters. The van der Waals surface area contributed by atoms with Gasteiger partial charge in [0, 0.05) is 50.0 Å². The minimum absolute atomic E-state index is 0.0872. The van der Waals surface area contributed by atoms with Crippen molar-refractivity contribution >= 4 is 40.6 Å². The highest BCUT2D eigenvalue weighted by atomic mass is 35.5. The Labute approximate surface area is 190 Å². The molecular formula is C20H24ClN7O4. The Morgan fingerprint density at radius 1 is 1.12 bits per heavy atom. The fourth-order valence-electron chi connectivity index (χ4n) is 3.67. The van der Waals surface area contributed by atoms with Crippen LogP contribution in [-0.4, -0.2) is 89.6 Å². The average Bonchev–Trinajstić information content (AvgIpc) is 2.81. The molecule has 2 aromatic rings. The van der Waals surface area contributed by atoms with Crippen LogP contribution in [-0.2, 0) is 9.53 Å². The number of halogens is 1. The van der Waals surface area contributed by atoms with Crippen LogP contribution in [0.1, 0.15) is 0 Å². The fraction of sp³-hybridized carbons (Fsp3) is 0.450. The van der Waals surface area contributed by atoms with Crippen molar-refractivity contribution in [3.05, 3.63) is 45.6 Å². The van der Waals surface area contributed by atoms with Crippen LogP contribution >= 0.6 is 11.6 Å². The van der Waals surface area contributed by atoms with Crippen LogP contribution in [0.25, 0.3) is 0 Å². The molecule has 4 rings (SSSR count). The van der Waals surface area contributed by atoms with E-state index in [1.807, 2.05) is 9.80 Å². The predicted molar refractivity (Wildman–Crippen MR) is 119 cm³/mol. The number of nitro groups is 1. The summed E-state index contributed by atoms with van der Waals surface area (Å²) in [6.07, 6.45) is 1.22. The number of aromatic nitrogens is 2. The first-order valence-electron chi connectivity index (χ1n) is 10.4. The molecular weight excluding hydrogens is 438 g/mol. The van der Waals surface area contributed by atoms with Crippen molar-refractivity contribution in [2.75, 3.05) is 69.2 Å². The summed E-state index contributed by atoms with van der Waals surface area (Å²) in [4.78, 5) is 37.8. The number of piperazine rings is 1. The molecule has 11 nitrogen and oxygen atoms in total. The van der Waals surface area contributed by atoms with Gasteiger partial charge < -0.3 is 19.9 Å². The minimum Gasteiger partial charge on any atom is -0.378 e. The summed E-state index contributed by atoms with van der Waals surface area (Å²) in [5, 5.41) is 15.2. The van der Waals surface area contributed by atoms with Gasteiger partial charge in [0.15, 0.2) is 0 Å². The van der Waals surface area contributed by atoms with E-state index in [2.05, 4.69) is 20.2 Å². The molecule has 32 heavy (non-hydrogen) atoms. The Hall–Kier alpha value is -3.02. The number of hydrogen-bond acceptors (Lipinski definition) is 9. The number of anilines is 3. The number of ether oxygens (including phenoxy) is 1. The summed E-state index contributed by atoms with van der Waals surface area (Å²) in [7, 11) is 0. The number of carbonyl (C=O) groups excluding carboxylic acids is 1. The molecule has 12 heteroatoms. The lowest BCUT2D eigenvalue weighted by atomic mass is 10.3. The Kier molecular flexibility index (Phi) is 6.98. The van der Waals surface area contributed by atoms with Crippen molar-refractivity contribution in [1.82, 2.24) is 19.8 Å². The molecule has 2 aliphatic heterocycles. The van der Waals surface area contributed by atoms with E-state index in [4.69, 9.17) is 16.3 Å². The smallest absolute Gasteiger partial charge is 0.329 e. The summed E-state index contributed by atoms with van der Waals surface area (Å²) in [6.45, 7) is 4.98. The third kappa shape index (κ3) is 5.42. The van der Waals surface area contributed by atoms with Crippen LogP contribution in [0.3, 0.4) is 0 Å². The lowest BCUT2D eigenvalue weighted by Gasteiger charge is -2.36. The number of nitrogens with zero attached hydrogens (tertiary/aromatic N) is 6. The minimum atomic E-state index is -0.476. The molecule has 0 bridgehead atoms. The highest BCUT2D eigenvalue weighted by Gasteiger charge is 2.28. The van der Waals surface area contributed by atoms with E-state index < -0.39 is 4.92 Å². The lowest BCUT2D eigenvalue weighted by molar-refractivity contribution is -0.384. The number of amides is 1. The Morgan fingerprint density at radius 3 is 2.47 bits per heavy atom. The maximum atomic E-state index is 12.5. The van der Waals surface area contributed by atoms with Gasteiger partial charge in [0.1, 0.15) is 6.20 Å². The Morgan fingerprint density at radius 2 is 1.81 bits per heavy atom. The molecule has 0 spiro atoms. The van der Waals surface area contributed by atoms with E-state index in [1.165, 1.54) is 6.20 Å². The molecule has 2 aliphatic rings. The van der Waals surface area contributed by atoms with E-state index >= 15 is 0 Å². The maximum Gasteiger partial charge on any atom is 0.329 e. The first-order valence-corrected chi connectivity index (χ1v) is 10.7. The van der Waals surface area contributed by atoms with Crippen LogP contribution in [0.2, 0.25) is 5.02 Å². The zero-order valence-corrected chi connectivity index (χ0v) is 18.2. The van der Waals surface area contributed by atoms with E-state index in [0.717, 1.165) is 5.69 Å². The molecule has 0 atom stereocenters. The number of nitrogens with one attached hydrogen (secondary N) is 1. The summed E-state index contributed by atoms with van der Waals surface area (Å²) in [5.74, 6) is 0.614. The summed E-state index contributed by atoms with van der Waals surface area (Å²) in [5.41, 5.74) is 0.574. The Bertz CT molecular complexity index is 961. The van der Waals surface area contributed by atoms with Crippen molar-refractivity contribution in [2.24, 2.45) is 0 Å². The normalized spacial score (nSPS) is 17.3. The van der Waals surface area contributed by atoms with Crippen LogP contribution in [0.4, 0.5) is 23.1 Å². The van der Waals surface area contributed by atoms with Crippen LogP contribution in [0.15, 0.2) is 30.5 Å². The molecule has 2 fully saturated rings. The van der Waals surface area contributed by atoms with E-state index in [-0.39, 0.29) is 23.4 Å². The second-order valence-corrected chi connectivity index (χ2v) is 7.98. The average molecular weight is 462 g/mol. The number of hydrogen-bond donors (Lipinski definition) is 1. The zero-order valence-electron chi connectivity index (χ0n) is 17.4. The highest BCUT2D eigenvalue weighted by Crippen LogP contribution is 2.28. The van der Waals surface area contributed by atoms with E-state index in [1.54, 1.807) is 24.3 Å². The molecule has 2 saturated heterocycles. The van der Waals surface area contributed by atoms with Crippen molar-refractivity contribution in [1.29, 1.82) is 0 Å². The van der Waals surface area contributed by atoms with Gasteiger partial charge in [0.2, 0.25) is 17.7 Å². The second-order valence-electron chi connectivity index (χ2n) is 7.55. The van der Waals surface area contributed by atoms with Crippen molar-refractivity contribution < 1.29 is 14.5 Å². The summed E-state index contributed by atoms with van der Waals surface area (Å²) < 4.78 is 5.29. The molecule has 0 aliphatic carbocycles. The SMILES string of the molecule is O=C(CN1CCN(c2nc(Nc3ccc(Cl)cc3)ncc2[N+](=O)[O-])CC1)N1CCOCC1. The van der Waals surface area contributed by atoms with E-state index in [0.29, 0.717) is 64.0 Å². The van der Waals surface area contributed by atoms with Crippen molar-refractivity contribution in [3.8, 4) is 0 Å². The van der Waals surface area contributed by atoms with Gasteiger partial charge in [0.05, 0.1) is 24.7 Å². The third-order valence-corrected chi connectivity index (χ3v) is 5.69. The zero-order chi connectivity index (χ0) is 22.5. The standard InChI is InChI=1S/C20H24ClN7O4/c21-15-1-3-16(4-2-15)23-20-22-13-17(28(30)31)19(24-20)27-7-5-25(6-8-27)14-18(29)26-9-11-32-12-10-26/h1-4,13H,5-12,14H2,(H,22,23,24). The third-order valence-electron chi connectivity index (χ3n) is 5.44. The topological polar surface area (TPSA) is 117 Å². The first-order chi connectivity index (χ1) is 15.5. The molecule has 1 aromatic carbocycles. The summed E-state index contributed by atoms with van der Waals surface area (Å²) in [6, 6.07) is 7.01. The van der Waals surface area contributed by atoms with E-state index in [9.17, 15) is 14.9 Å². The van der Waals surface area contributed by atoms with Crippen LogP contribution in [0.5, 0.6) is 0 Å². The maximum absolute atomic E-state index is 12.5. The van der Waals surface area contributed by atoms with Gasteiger partial charge in [-0.1, -0.05) is 11.6 Å². The number of rotatable bonds is 6. The summed E-state index contributed by atoms with van der Waals surface area (Å²) >= 11 is 5.91. The quantitative estimate of drug-likeness (QED) is 0.507. The molecule has 0 radical (unpaired) electrons. The largest absolute Gasteiger partial charge is 0.378 e. The first kappa shape index (κ1) is 22.2. The predicted octanol–water partition coefficient (Wildman–Crippen LogP) is 1.76. The molecule has 1 N–H and O–H groups in total. The van der Waals surface area contributed by atoms with Gasteiger partial charge in [0.25, 0.3) is 0 Å². The van der Waals surface area contributed by atoms with Gasteiger partial charge in [-0.3, -0.25) is 19.8 Å². The molecule has 0 saturated carbocycles. The number of benzene rings is 1. The van der Waals surface area contributed by atoms with Crippen molar-refractivity contribution in [3.63, 3.8) is 0 Å². The molecule has 3 heterocycles. The molecule has 1 aromatic heterocycles. The highest BCUT2D eigenvalue weighted by molar-refractivity contribution is 6.30. The monoisotopic (exact) mass is 461 g/mol. The molecule has 170 valence electrons. The van der Waals surface area contributed by atoms with Gasteiger partial charge in [-0.15, -0.1) is 0 Å². The lowest BCUT2D eigenvalue weighted by Crippen LogP contribution is -2.51. The Balaban J connectivity index is 1.41. The molecule has 1 amide bonds. The fourth-order valence-corrected chi connectivity index (χ4v) is 3.80.